The summed E-state index contributed by atoms with van der Waals surface area (Å²) in [5.74, 6) is 1.22. The molecule has 0 bridgehead atoms. The smallest absolute Gasteiger partial charge is 0.306 e. The van der Waals surface area contributed by atoms with Gasteiger partial charge in [0.15, 0.2) is 0 Å². The lowest BCUT2D eigenvalue weighted by Gasteiger charge is -2.44. The summed E-state index contributed by atoms with van der Waals surface area (Å²) in [4.78, 5) is 14.2. The molecule has 0 amide bonds. The van der Waals surface area contributed by atoms with Gasteiger partial charge < -0.3 is 4.74 Å². The molecule has 0 aliphatic carbocycles. The van der Waals surface area contributed by atoms with Crippen LogP contribution in [0.2, 0.25) is 0 Å². The molecule has 0 N–H and O–H groups in total. The minimum absolute atomic E-state index is 0.0459. The first-order valence-corrected chi connectivity index (χ1v) is 7.23. The van der Waals surface area contributed by atoms with Crippen LogP contribution in [0.25, 0.3) is 0 Å². The number of rotatable bonds is 1. The first kappa shape index (κ1) is 11.5. The van der Waals surface area contributed by atoms with E-state index >= 15 is 0 Å². The Labute approximate surface area is 104 Å². The van der Waals surface area contributed by atoms with Crippen molar-refractivity contribution in [1.29, 1.82) is 0 Å². The van der Waals surface area contributed by atoms with E-state index in [4.69, 9.17) is 4.74 Å². The van der Waals surface area contributed by atoms with E-state index in [0.29, 0.717) is 24.3 Å². The standard InChI is InChI=1S/C14H23NO2/c1-2-10-9-15-7-5-3-4-6-12(15)14-11(10)8-13(16)17-14/h10-12,14H,2-9H2,1H3/t10-,11-,12-,14-/m1/s1. The molecule has 0 aromatic carbocycles. The van der Waals surface area contributed by atoms with Gasteiger partial charge in [0.25, 0.3) is 0 Å². The molecule has 0 radical (unpaired) electrons. The number of hydrogen-bond acceptors (Lipinski definition) is 3. The third-order valence-electron chi connectivity index (χ3n) is 4.98. The van der Waals surface area contributed by atoms with Crippen LogP contribution in [0.5, 0.6) is 0 Å². The van der Waals surface area contributed by atoms with E-state index in [1.807, 2.05) is 0 Å². The molecule has 3 heterocycles. The summed E-state index contributed by atoms with van der Waals surface area (Å²) in [7, 11) is 0. The highest BCUT2D eigenvalue weighted by atomic mass is 16.6. The Bertz CT molecular complexity index is 305. The molecule has 3 aliphatic rings. The summed E-state index contributed by atoms with van der Waals surface area (Å²) < 4.78 is 5.64. The molecule has 0 saturated carbocycles. The van der Waals surface area contributed by atoms with Gasteiger partial charge in [-0.3, -0.25) is 9.69 Å². The van der Waals surface area contributed by atoms with E-state index < -0.39 is 0 Å². The van der Waals surface area contributed by atoms with Crippen LogP contribution < -0.4 is 0 Å². The van der Waals surface area contributed by atoms with Crippen LogP contribution in [0.4, 0.5) is 0 Å². The topological polar surface area (TPSA) is 29.5 Å². The maximum Gasteiger partial charge on any atom is 0.306 e. The van der Waals surface area contributed by atoms with Crippen molar-refractivity contribution in [3.8, 4) is 0 Å². The maximum absolute atomic E-state index is 11.6. The van der Waals surface area contributed by atoms with Gasteiger partial charge in [0.1, 0.15) is 6.10 Å². The van der Waals surface area contributed by atoms with Crippen LogP contribution in [0, 0.1) is 11.8 Å². The third kappa shape index (κ3) is 1.99. The van der Waals surface area contributed by atoms with E-state index in [0.717, 1.165) is 0 Å². The first-order valence-electron chi connectivity index (χ1n) is 7.23. The van der Waals surface area contributed by atoms with E-state index in [1.54, 1.807) is 0 Å². The summed E-state index contributed by atoms with van der Waals surface area (Å²) in [6, 6.07) is 0.525. The number of esters is 1. The molecule has 0 aromatic rings. The zero-order chi connectivity index (χ0) is 11.8. The summed E-state index contributed by atoms with van der Waals surface area (Å²) in [5, 5.41) is 0. The molecule has 3 nitrogen and oxygen atoms in total. The average molecular weight is 237 g/mol. The van der Waals surface area contributed by atoms with Crippen molar-refractivity contribution in [2.75, 3.05) is 13.1 Å². The van der Waals surface area contributed by atoms with Gasteiger partial charge in [-0.05, 0) is 25.3 Å². The second-order valence-corrected chi connectivity index (χ2v) is 5.90. The SMILES string of the molecule is CC[C@@H]1CN2CCCCC[C@@H]2[C@@H]2OC(=O)C[C@H]12. The van der Waals surface area contributed by atoms with Crippen molar-refractivity contribution in [2.45, 2.75) is 57.6 Å². The normalized spacial score (nSPS) is 42.5. The second-order valence-electron chi connectivity index (χ2n) is 5.90. The fourth-order valence-corrected chi connectivity index (χ4v) is 4.06. The minimum atomic E-state index is 0.0459. The number of fused-ring (bicyclic) bond motifs is 3. The fourth-order valence-electron chi connectivity index (χ4n) is 4.06. The molecule has 3 heteroatoms. The Balaban J connectivity index is 1.83. The summed E-state index contributed by atoms with van der Waals surface area (Å²) in [6.07, 6.45) is 7.25. The van der Waals surface area contributed by atoms with Crippen molar-refractivity contribution in [3.63, 3.8) is 0 Å². The minimum Gasteiger partial charge on any atom is -0.460 e. The predicted molar refractivity (Wildman–Crippen MR) is 65.6 cm³/mol. The largest absolute Gasteiger partial charge is 0.460 e. The number of nitrogens with zero attached hydrogens (tertiary/aromatic N) is 1. The summed E-state index contributed by atoms with van der Waals surface area (Å²) >= 11 is 0. The molecule has 3 aliphatic heterocycles. The predicted octanol–water partition coefficient (Wildman–Crippen LogP) is 2.20. The van der Waals surface area contributed by atoms with Crippen LogP contribution in [0.15, 0.2) is 0 Å². The van der Waals surface area contributed by atoms with Crippen LogP contribution in [-0.2, 0) is 9.53 Å². The molecule has 4 atom stereocenters. The highest BCUT2D eigenvalue weighted by Crippen LogP contribution is 2.41. The highest BCUT2D eigenvalue weighted by molar-refractivity contribution is 5.72. The van der Waals surface area contributed by atoms with E-state index in [2.05, 4.69) is 11.8 Å². The van der Waals surface area contributed by atoms with Crippen molar-refractivity contribution in [2.24, 2.45) is 11.8 Å². The van der Waals surface area contributed by atoms with Gasteiger partial charge in [0.05, 0.1) is 6.42 Å². The molecule has 96 valence electrons. The Kier molecular flexibility index (Phi) is 3.12. The Hall–Kier alpha value is -0.570. The number of piperidine rings is 1. The van der Waals surface area contributed by atoms with Crippen LogP contribution >= 0.6 is 0 Å². The van der Waals surface area contributed by atoms with Crippen molar-refractivity contribution in [3.05, 3.63) is 0 Å². The van der Waals surface area contributed by atoms with E-state index in [9.17, 15) is 4.79 Å². The second kappa shape index (κ2) is 4.60. The molecular formula is C14H23NO2. The van der Waals surface area contributed by atoms with Gasteiger partial charge in [0.2, 0.25) is 0 Å². The highest BCUT2D eigenvalue weighted by Gasteiger charge is 2.49. The Morgan fingerprint density at radius 1 is 1.35 bits per heavy atom. The van der Waals surface area contributed by atoms with Crippen LogP contribution in [0.1, 0.15) is 45.4 Å². The van der Waals surface area contributed by atoms with Gasteiger partial charge in [-0.25, -0.2) is 0 Å². The molecule has 3 fully saturated rings. The monoisotopic (exact) mass is 237 g/mol. The molecule has 0 aromatic heterocycles. The van der Waals surface area contributed by atoms with Crippen LogP contribution in [-0.4, -0.2) is 36.1 Å². The van der Waals surface area contributed by atoms with Gasteiger partial charge in [-0.1, -0.05) is 26.2 Å². The molecule has 17 heavy (non-hydrogen) atoms. The zero-order valence-corrected chi connectivity index (χ0v) is 10.7. The molecule has 0 spiro atoms. The molecule has 0 unspecified atom stereocenters. The lowest BCUT2D eigenvalue weighted by Crippen LogP contribution is -2.54. The number of carbonyl (C=O) groups excluding carboxylic acids is 1. The average Bonchev–Trinajstić information content (AvgIpc) is 2.58. The van der Waals surface area contributed by atoms with Gasteiger partial charge in [-0.2, -0.15) is 0 Å². The maximum atomic E-state index is 11.6. The van der Waals surface area contributed by atoms with Crippen molar-refractivity contribution in [1.82, 2.24) is 4.90 Å². The van der Waals surface area contributed by atoms with Crippen molar-refractivity contribution < 1.29 is 9.53 Å². The summed E-state index contributed by atoms with van der Waals surface area (Å²) in [6.45, 7) is 4.66. The first-order chi connectivity index (χ1) is 8.29. The van der Waals surface area contributed by atoms with Crippen molar-refractivity contribution >= 4 is 5.97 Å². The number of carbonyl (C=O) groups is 1. The van der Waals surface area contributed by atoms with E-state index in [-0.39, 0.29) is 12.1 Å². The third-order valence-corrected chi connectivity index (χ3v) is 4.98. The number of hydrogen-bond donors (Lipinski definition) is 0. The van der Waals surface area contributed by atoms with Crippen LogP contribution in [0.3, 0.4) is 0 Å². The zero-order valence-electron chi connectivity index (χ0n) is 10.7. The Morgan fingerprint density at radius 3 is 3.06 bits per heavy atom. The fraction of sp³-hybridized carbons (Fsp3) is 0.929. The number of ether oxygens (including phenoxy) is 1. The van der Waals surface area contributed by atoms with E-state index in [1.165, 1.54) is 45.2 Å². The molecule has 3 rings (SSSR count). The Morgan fingerprint density at radius 2 is 2.24 bits per heavy atom. The summed E-state index contributed by atoms with van der Waals surface area (Å²) in [5.41, 5.74) is 0. The lowest BCUT2D eigenvalue weighted by molar-refractivity contribution is -0.146. The lowest BCUT2D eigenvalue weighted by atomic mass is 9.77. The van der Waals surface area contributed by atoms with Gasteiger partial charge >= 0.3 is 5.97 Å². The quantitative estimate of drug-likeness (QED) is 0.655. The van der Waals surface area contributed by atoms with Gasteiger partial charge in [-0.15, -0.1) is 0 Å². The molecular weight excluding hydrogens is 214 g/mol. The molecule has 3 saturated heterocycles. The van der Waals surface area contributed by atoms with Gasteiger partial charge in [0, 0.05) is 18.5 Å².